The Morgan fingerprint density at radius 3 is 1.81 bits per heavy atom. The van der Waals surface area contributed by atoms with E-state index in [0.717, 1.165) is 33.9 Å². The van der Waals surface area contributed by atoms with E-state index in [1.807, 2.05) is 108 Å². The average molecular weight is 654 g/mol. The van der Waals surface area contributed by atoms with E-state index in [4.69, 9.17) is 16.3 Å². The molecule has 0 saturated heterocycles. The van der Waals surface area contributed by atoms with Crippen LogP contribution in [-0.4, -0.2) is 61.1 Å². The molecular weight excluding hydrogens is 620 g/mol. The molecule has 12 nitrogen and oxygen atoms in total. The van der Waals surface area contributed by atoms with Gasteiger partial charge >= 0.3 is 11.9 Å². The molecule has 2 aromatic carbocycles. The molecule has 0 spiro atoms. The lowest BCUT2D eigenvalue weighted by atomic mass is 10.2. The van der Waals surface area contributed by atoms with Gasteiger partial charge in [0.2, 0.25) is 0 Å². The number of carbonyl (C=O) groups excluding carboxylic acids is 2. The van der Waals surface area contributed by atoms with E-state index < -0.39 is 0 Å². The molecule has 0 aliphatic carbocycles. The van der Waals surface area contributed by atoms with Crippen LogP contribution in [0.1, 0.15) is 22.5 Å². The summed E-state index contributed by atoms with van der Waals surface area (Å²) in [6.45, 7) is 0.585. The molecule has 6 rings (SSSR count). The Balaban J connectivity index is 0.000000176. The summed E-state index contributed by atoms with van der Waals surface area (Å²) in [7, 11) is 2.76. The number of rotatable bonds is 9. The van der Waals surface area contributed by atoms with Crippen molar-refractivity contribution in [3.05, 3.63) is 145 Å². The van der Waals surface area contributed by atoms with Crippen LogP contribution in [0.3, 0.4) is 0 Å². The van der Waals surface area contributed by atoms with Crippen LogP contribution >= 0.6 is 11.6 Å². The molecule has 0 bridgehead atoms. The Kier molecular flexibility index (Phi) is 13.3. The number of ether oxygens (including phenoxy) is 2. The van der Waals surface area contributed by atoms with Gasteiger partial charge in [-0.15, -0.1) is 21.8 Å². The Bertz CT molecular complexity index is 1820. The van der Waals surface area contributed by atoms with E-state index in [-0.39, 0.29) is 18.4 Å². The van der Waals surface area contributed by atoms with Crippen molar-refractivity contribution < 1.29 is 23.6 Å². The van der Waals surface area contributed by atoms with Crippen molar-refractivity contribution in [1.82, 2.24) is 35.0 Å². The van der Waals surface area contributed by atoms with Gasteiger partial charge in [-0.1, -0.05) is 52.9 Å². The Morgan fingerprint density at radius 2 is 1.28 bits per heavy atom. The summed E-state index contributed by atoms with van der Waals surface area (Å²) in [6.07, 6.45) is 11.4. The predicted octanol–water partition coefficient (Wildman–Crippen LogP) is 4.12. The van der Waals surface area contributed by atoms with Crippen molar-refractivity contribution in [2.45, 2.75) is 25.3 Å². The molecule has 13 heteroatoms. The largest absolute Gasteiger partial charge is 0.469 e. The summed E-state index contributed by atoms with van der Waals surface area (Å²) >= 11 is 5.61. The van der Waals surface area contributed by atoms with Gasteiger partial charge in [0.1, 0.15) is 5.69 Å². The molecule has 0 aliphatic heterocycles. The fourth-order valence-electron chi connectivity index (χ4n) is 4.09. The third-order valence-electron chi connectivity index (χ3n) is 6.40. The van der Waals surface area contributed by atoms with Crippen LogP contribution in [-0.2, 0) is 44.3 Å². The summed E-state index contributed by atoms with van der Waals surface area (Å²) in [6, 6.07) is 27.1. The van der Waals surface area contributed by atoms with Crippen LogP contribution in [0.2, 0.25) is 0 Å². The molecule has 0 amide bonds. The molecule has 0 radical (unpaired) electrons. The van der Waals surface area contributed by atoms with Gasteiger partial charge in [0.05, 0.1) is 62.4 Å². The normalized spacial score (nSPS) is 10.1. The second-order valence-electron chi connectivity index (χ2n) is 9.87. The smallest absolute Gasteiger partial charge is 0.310 e. The van der Waals surface area contributed by atoms with Crippen molar-refractivity contribution in [3.63, 3.8) is 0 Å². The molecule has 0 fully saturated rings. The number of benzene rings is 2. The van der Waals surface area contributed by atoms with Crippen LogP contribution in [0.4, 0.5) is 0 Å². The Morgan fingerprint density at radius 1 is 0.723 bits per heavy atom. The number of hydrogen-bond donors (Lipinski definition) is 0. The van der Waals surface area contributed by atoms with Gasteiger partial charge in [-0.25, -0.2) is 9.36 Å². The van der Waals surface area contributed by atoms with Crippen LogP contribution < -0.4 is 4.57 Å². The highest BCUT2D eigenvalue weighted by molar-refractivity contribution is 6.16. The molecule has 47 heavy (non-hydrogen) atoms. The number of hydrogen-bond acceptors (Lipinski definition) is 9. The first kappa shape index (κ1) is 34.1. The van der Waals surface area contributed by atoms with Crippen molar-refractivity contribution in [2.75, 3.05) is 14.2 Å². The molecular formula is C34H34ClN8O4+. The zero-order valence-electron chi connectivity index (χ0n) is 26.0. The topological polar surface area (TPSA) is 131 Å². The number of carbonyl (C=O) groups is 2. The van der Waals surface area contributed by atoms with Gasteiger partial charge in [-0.05, 0) is 42.0 Å². The fraction of sp³-hybridized carbons (Fsp3) is 0.176. The lowest BCUT2D eigenvalue weighted by Crippen LogP contribution is -2.34. The summed E-state index contributed by atoms with van der Waals surface area (Å²) in [5.41, 5.74) is 5.36. The second kappa shape index (κ2) is 18.3. The maximum atomic E-state index is 11.4. The highest BCUT2D eigenvalue weighted by atomic mass is 35.5. The molecule has 0 unspecified atom stereocenters. The number of methoxy groups -OCH3 is 2. The Labute approximate surface area is 277 Å². The first-order valence-corrected chi connectivity index (χ1v) is 15.0. The lowest BCUT2D eigenvalue weighted by molar-refractivity contribution is -0.689. The minimum atomic E-state index is -0.252. The minimum absolute atomic E-state index is 0.238. The van der Waals surface area contributed by atoms with E-state index in [2.05, 4.69) is 30.3 Å². The van der Waals surface area contributed by atoms with Gasteiger partial charge in [0.25, 0.3) is 0 Å². The number of pyridine rings is 2. The van der Waals surface area contributed by atoms with Crippen LogP contribution in [0.15, 0.2) is 122 Å². The van der Waals surface area contributed by atoms with Gasteiger partial charge in [0.15, 0.2) is 18.9 Å². The molecule has 4 aromatic heterocycles. The molecule has 0 aliphatic rings. The molecule has 0 saturated carbocycles. The van der Waals surface area contributed by atoms with Gasteiger partial charge in [-0.3, -0.25) is 14.6 Å². The first-order valence-electron chi connectivity index (χ1n) is 14.5. The number of alkyl halides is 1. The van der Waals surface area contributed by atoms with Crippen molar-refractivity contribution in [1.29, 1.82) is 0 Å². The third kappa shape index (κ3) is 11.3. The lowest BCUT2D eigenvalue weighted by Gasteiger charge is -1.99. The number of esters is 2. The van der Waals surface area contributed by atoms with Crippen LogP contribution in [0, 0.1) is 0 Å². The Hall–Kier alpha value is -5.75. The zero-order chi connectivity index (χ0) is 33.3. The average Bonchev–Trinajstić information content (AvgIpc) is 3.81. The molecule has 0 atom stereocenters. The van der Waals surface area contributed by atoms with E-state index in [1.165, 1.54) is 14.2 Å². The van der Waals surface area contributed by atoms with E-state index in [0.29, 0.717) is 18.8 Å². The van der Waals surface area contributed by atoms with Crippen LogP contribution in [0.25, 0.3) is 11.4 Å². The standard InChI is InChI=1S/C17H17N4O2.C9H8ClN3.C8H9NO2/c1-23-17(22)10-14-6-5-9-20(11-14)12-15-13-21(19-18-15)16-7-3-2-4-8-16;10-6-8-7-13(12-11-8)9-4-2-1-3-5-9;1-11-8(10)5-7-3-2-4-9-6-7/h2-9,11,13H,10,12H2,1H3;1-5,7H,6H2;2-4,6H,5H2,1H3/q+1;;. The minimum Gasteiger partial charge on any atom is -0.469 e. The van der Waals surface area contributed by atoms with Gasteiger partial charge in [0, 0.05) is 24.0 Å². The maximum Gasteiger partial charge on any atom is 0.310 e. The third-order valence-corrected chi connectivity index (χ3v) is 6.67. The summed E-state index contributed by atoms with van der Waals surface area (Å²) < 4.78 is 14.6. The zero-order valence-corrected chi connectivity index (χ0v) is 26.7. The maximum absolute atomic E-state index is 11.4. The molecule has 0 N–H and O–H groups in total. The van der Waals surface area contributed by atoms with Crippen molar-refractivity contribution in [2.24, 2.45) is 0 Å². The van der Waals surface area contributed by atoms with E-state index in [1.54, 1.807) is 27.8 Å². The van der Waals surface area contributed by atoms with Crippen molar-refractivity contribution >= 4 is 23.5 Å². The summed E-state index contributed by atoms with van der Waals surface area (Å²) in [5, 5.41) is 16.2. The molecule has 6 aromatic rings. The fourth-order valence-corrected chi connectivity index (χ4v) is 4.21. The second-order valence-corrected chi connectivity index (χ2v) is 10.1. The highest BCUT2D eigenvalue weighted by Crippen LogP contribution is 2.07. The summed E-state index contributed by atoms with van der Waals surface area (Å²) in [5.74, 6) is -0.0944. The van der Waals surface area contributed by atoms with Gasteiger partial charge < -0.3 is 9.47 Å². The van der Waals surface area contributed by atoms with Gasteiger partial charge in [-0.2, -0.15) is 4.57 Å². The monoisotopic (exact) mass is 653 g/mol. The molecule has 240 valence electrons. The van der Waals surface area contributed by atoms with Crippen molar-refractivity contribution in [3.8, 4) is 11.4 Å². The van der Waals surface area contributed by atoms with E-state index >= 15 is 0 Å². The predicted molar refractivity (Wildman–Crippen MR) is 174 cm³/mol. The summed E-state index contributed by atoms with van der Waals surface area (Å²) in [4.78, 5) is 25.9. The van der Waals surface area contributed by atoms with Crippen LogP contribution in [0.5, 0.6) is 0 Å². The quantitative estimate of drug-likeness (QED) is 0.128. The molecule has 4 heterocycles. The number of halogens is 1. The number of aromatic nitrogens is 8. The first-order chi connectivity index (χ1) is 23.0. The SMILES string of the molecule is COC(=O)Cc1ccc[n+](Cc2cn(-c3ccccc3)nn2)c1.COC(=O)Cc1cccnc1.ClCc1cn(-c2ccccc2)nn1. The van der Waals surface area contributed by atoms with E-state index in [9.17, 15) is 9.59 Å². The highest BCUT2D eigenvalue weighted by Gasteiger charge is 2.11. The number of para-hydroxylation sites is 2. The number of nitrogens with zero attached hydrogens (tertiary/aromatic N) is 8.